The van der Waals surface area contributed by atoms with Crippen molar-refractivity contribution < 1.29 is 10.0 Å². The lowest BCUT2D eigenvalue weighted by molar-refractivity contribution is -0.263. The van der Waals surface area contributed by atoms with Crippen molar-refractivity contribution >= 4 is 41.1 Å². The number of nitrogens with zero attached hydrogens (tertiary/aromatic N) is 2. The summed E-state index contributed by atoms with van der Waals surface area (Å²) in [5.74, 6) is 0.259. The smallest absolute Gasteiger partial charge is 0.250 e. The lowest BCUT2D eigenvalue weighted by atomic mass is 9.83. The number of thioether (sulfide) groups is 1. The predicted octanol–water partition coefficient (Wildman–Crippen LogP) is 3.71. The van der Waals surface area contributed by atoms with Crippen molar-refractivity contribution in [2.45, 2.75) is 50.4 Å². The van der Waals surface area contributed by atoms with Gasteiger partial charge in [-0.15, -0.1) is 22.7 Å². The number of hydrogen-bond acceptors (Lipinski definition) is 4. The molecule has 3 rings (SSSR count). The van der Waals surface area contributed by atoms with Crippen molar-refractivity contribution in [3.8, 4) is 0 Å². The fourth-order valence-corrected chi connectivity index (χ4v) is 4.39. The third kappa shape index (κ3) is 3.91. The van der Waals surface area contributed by atoms with Crippen molar-refractivity contribution in [2.75, 3.05) is 5.75 Å². The first kappa shape index (κ1) is 20.8. The molecule has 0 saturated carbocycles. The number of carbonyl (C=O) groups is 1. The Morgan fingerprint density at radius 2 is 2.04 bits per heavy atom. The second kappa shape index (κ2) is 7.23. The van der Waals surface area contributed by atoms with Gasteiger partial charge in [0.2, 0.25) is 0 Å². The number of primary amides is 1. The number of hydroxylamine groups is 2. The zero-order chi connectivity index (χ0) is 18.4. The fourth-order valence-electron chi connectivity index (χ4n) is 3.55. The number of hydrogen-bond donors (Lipinski definition) is 2. The maximum atomic E-state index is 12.4. The molecule has 3 N–H and O–H groups in total. The van der Waals surface area contributed by atoms with Crippen LogP contribution < -0.4 is 5.73 Å². The molecule has 1 aliphatic heterocycles. The molecule has 0 spiro atoms. The van der Waals surface area contributed by atoms with E-state index in [1.165, 1.54) is 10.6 Å². The van der Waals surface area contributed by atoms with Crippen LogP contribution in [0.4, 0.5) is 0 Å². The van der Waals surface area contributed by atoms with Crippen LogP contribution >= 0.6 is 24.2 Å². The lowest BCUT2D eigenvalue weighted by Gasteiger charge is -2.45. The topological polar surface area (TPSA) is 94.9 Å². The third-order valence-corrected chi connectivity index (χ3v) is 5.42. The van der Waals surface area contributed by atoms with Gasteiger partial charge in [0.05, 0.1) is 16.6 Å². The molecule has 8 heteroatoms. The van der Waals surface area contributed by atoms with Crippen molar-refractivity contribution in [3.63, 3.8) is 0 Å². The van der Waals surface area contributed by atoms with E-state index in [4.69, 9.17) is 5.73 Å². The molecule has 6 nitrogen and oxygen atoms in total. The molecule has 0 aliphatic carbocycles. The van der Waals surface area contributed by atoms with Crippen LogP contribution in [-0.4, -0.2) is 37.8 Å². The number of nitrogens with one attached hydrogen (secondary N) is 1. The number of carbonyl (C=O) groups excluding carboxylic acids is 1. The number of fused-ring (bicyclic) bond motifs is 1. The molecule has 0 fully saturated rings. The maximum absolute atomic E-state index is 12.4. The van der Waals surface area contributed by atoms with Gasteiger partial charge in [0.25, 0.3) is 5.91 Å². The van der Waals surface area contributed by atoms with E-state index in [9.17, 15) is 10.0 Å². The van der Waals surface area contributed by atoms with Crippen LogP contribution in [0.2, 0.25) is 0 Å². The van der Waals surface area contributed by atoms with E-state index in [1.807, 2.05) is 33.8 Å². The van der Waals surface area contributed by atoms with Crippen LogP contribution in [0.15, 0.2) is 35.0 Å². The molecule has 2 aromatic rings. The summed E-state index contributed by atoms with van der Waals surface area (Å²) in [5, 5.41) is 14.3. The second-order valence-corrected chi connectivity index (χ2v) is 8.60. The minimum Gasteiger partial charge on any atom is -0.366 e. The molecule has 0 unspecified atom stereocenters. The van der Waals surface area contributed by atoms with Gasteiger partial charge in [-0.25, -0.2) is 4.98 Å². The molecule has 141 valence electrons. The number of aromatic amines is 1. The molecule has 26 heavy (non-hydrogen) atoms. The molecule has 1 radical (unpaired) electrons. The molecule has 1 aromatic carbocycles. The van der Waals surface area contributed by atoms with Gasteiger partial charge in [0.1, 0.15) is 5.52 Å². The number of benzene rings is 1. The number of nitrogens with two attached hydrogens (primary N) is 1. The Bertz CT molecular complexity index is 860. The monoisotopic (exact) mass is 395 g/mol. The summed E-state index contributed by atoms with van der Waals surface area (Å²) in [6.07, 6.45) is 2.77. The Kier molecular flexibility index (Phi) is 5.77. The first-order valence-electron chi connectivity index (χ1n) is 8.19. The van der Waals surface area contributed by atoms with Crippen LogP contribution in [0.1, 0.15) is 44.5 Å². The molecule has 1 aromatic heterocycles. The van der Waals surface area contributed by atoms with E-state index in [2.05, 4.69) is 16.0 Å². The van der Waals surface area contributed by atoms with Crippen LogP contribution in [0.5, 0.6) is 0 Å². The van der Waals surface area contributed by atoms with Crippen molar-refractivity contribution in [2.24, 2.45) is 5.73 Å². The van der Waals surface area contributed by atoms with Gasteiger partial charge >= 0.3 is 0 Å². The van der Waals surface area contributed by atoms with E-state index < -0.39 is 17.0 Å². The molecular weight excluding hydrogens is 372 g/mol. The molecule has 1 amide bonds. The SMILES string of the molecule is CC1(C)C=C(CSc2nc3c(C(N)=O)cccc3[nH]2)CC(C)(C)N1[O].Cl. The lowest BCUT2D eigenvalue weighted by Crippen LogP contribution is -2.54. The standard InChI is InChI=1S/C18H23N4O2S.ClH/c1-17(2)8-11(9-18(3,4)22(17)24)10-25-16-20-13-7-5-6-12(15(19)23)14(13)21-16;/h5-8H,9-10H2,1-4H3,(H2,19,23)(H,20,21);1H. The highest BCUT2D eigenvalue weighted by molar-refractivity contribution is 7.99. The third-order valence-electron chi connectivity index (χ3n) is 4.44. The van der Waals surface area contributed by atoms with E-state index >= 15 is 0 Å². The van der Waals surface area contributed by atoms with Gasteiger partial charge in [-0.2, -0.15) is 0 Å². The Labute approximate surface area is 163 Å². The minimum absolute atomic E-state index is 0. The van der Waals surface area contributed by atoms with Crippen LogP contribution in [-0.2, 0) is 5.21 Å². The number of halogens is 1. The second-order valence-electron chi connectivity index (χ2n) is 7.64. The Morgan fingerprint density at radius 3 is 2.65 bits per heavy atom. The first-order valence-corrected chi connectivity index (χ1v) is 9.18. The summed E-state index contributed by atoms with van der Waals surface area (Å²) in [6, 6.07) is 5.34. The highest BCUT2D eigenvalue weighted by Crippen LogP contribution is 2.37. The molecule has 2 heterocycles. The first-order chi connectivity index (χ1) is 11.6. The highest BCUT2D eigenvalue weighted by atomic mass is 35.5. The zero-order valence-corrected chi connectivity index (χ0v) is 17.0. The average Bonchev–Trinajstić information content (AvgIpc) is 2.92. The fraction of sp³-hybridized carbons (Fsp3) is 0.444. The number of rotatable bonds is 4. The van der Waals surface area contributed by atoms with E-state index in [0.717, 1.165) is 22.8 Å². The predicted molar refractivity (Wildman–Crippen MR) is 106 cm³/mol. The molecule has 0 saturated heterocycles. The van der Waals surface area contributed by atoms with Gasteiger partial charge in [0.15, 0.2) is 5.16 Å². The number of H-pyrrole nitrogens is 1. The van der Waals surface area contributed by atoms with Crippen LogP contribution in [0.25, 0.3) is 11.0 Å². The molecule has 1 aliphatic rings. The van der Waals surface area contributed by atoms with Gasteiger partial charge in [-0.1, -0.05) is 29.5 Å². The number of imidazole rings is 1. The number of amides is 1. The summed E-state index contributed by atoms with van der Waals surface area (Å²) >= 11 is 1.57. The zero-order valence-electron chi connectivity index (χ0n) is 15.3. The Hall–Kier alpha value is -1.54. The molecule has 0 bridgehead atoms. The summed E-state index contributed by atoms with van der Waals surface area (Å²) in [6.45, 7) is 7.82. The molecular formula is C18H24ClN4O2S. The number of para-hydroxylation sites is 1. The summed E-state index contributed by atoms with van der Waals surface area (Å²) < 4.78 is 0. The average molecular weight is 396 g/mol. The van der Waals surface area contributed by atoms with Gasteiger partial charge in [-0.05, 0) is 46.2 Å². The molecule has 0 atom stereocenters. The van der Waals surface area contributed by atoms with E-state index in [1.54, 1.807) is 23.9 Å². The van der Waals surface area contributed by atoms with Crippen LogP contribution in [0, 0.1) is 0 Å². The summed E-state index contributed by atoms with van der Waals surface area (Å²) in [4.78, 5) is 19.3. The minimum atomic E-state index is -0.523. The van der Waals surface area contributed by atoms with Crippen LogP contribution in [0.3, 0.4) is 0 Å². The normalized spacial score (nSPS) is 19.0. The van der Waals surface area contributed by atoms with Crippen molar-refractivity contribution in [1.29, 1.82) is 0 Å². The van der Waals surface area contributed by atoms with Gasteiger partial charge < -0.3 is 10.7 Å². The van der Waals surface area contributed by atoms with Crippen molar-refractivity contribution in [3.05, 3.63) is 35.4 Å². The van der Waals surface area contributed by atoms with E-state index in [0.29, 0.717) is 11.1 Å². The largest absolute Gasteiger partial charge is 0.366 e. The van der Waals surface area contributed by atoms with Gasteiger partial charge in [-0.3, -0.25) is 4.79 Å². The summed E-state index contributed by atoms with van der Waals surface area (Å²) in [5.41, 5.74) is 7.49. The Morgan fingerprint density at radius 1 is 1.35 bits per heavy atom. The summed E-state index contributed by atoms with van der Waals surface area (Å²) in [7, 11) is 0. The Balaban J connectivity index is 0.00000243. The maximum Gasteiger partial charge on any atom is 0.250 e. The highest BCUT2D eigenvalue weighted by Gasteiger charge is 2.41. The van der Waals surface area contributed by atoms with Crippen molar-refractivity contribution in [1.82, 2.24) is 15.0 Å². The van der Waals surface area contributed by atoms with E-state index in [-0.39, 0.29) is 12.4 Å². The van der Waals surface area contributed by atoms with Gasteiger partial charge in [0, 0.05) is 11.3 Å². The number of aromatic nitrogens is 2. The quantitative estimate of drug-likeness (QED) is 0.609.